The summed E-state index contributed by atoms with van der Waals surface area (Å²) in [7, 11) is 1.43. The van der Waals surface area contributed by atoms with Crippen molar-refractivity contribution >= 4 is 35.6 Å². The number of benzene rings is 5. The zero-order valence-corrected chi connectivity index (χ0v) is 36.3. The first-order valence-corrected chi connectivity index (χ1v) is 22.3. The summed E-state index contributed by atoms with van der Waals surface area (Å²) in [4.78, 5) is 55.3. The second-order valence-electron chi connectivity index (χ2n) is 15.2. The molecule has 8 rings (SSSR count). The van der Waals surface area contributed by atoms with Gasteiger partial charge in [0.2, 0.25) is 0 Å². The maximum absolute atomic E-state index is 14.1. The third kappa shape index (κ3) is 11.0. The van der Waals surface area contributed by atoms with Crippen LogP contribution in [-0.2, 0) is 47.4 Å². The first-order chi connectivity index (χ1) is 31.8. The minimum Gasteiger partial charge on any atom is -0.459 e. The average Bonchev–Trinajstić information content (AvgIpc) is 3.36. The van der Waals surface area contributed by atoms with Crippen LogP contribution in [0.5, 0.6) is 0 Å². The topological polar surface area (TPSA) is 161 Å². The molecule has 3 saturated heterocycles. The molecule has 0 saturated carbocycles. The number of esters is 4. The first kappa shape index (κ1) is 45.7. The summed E-state index contributed by atoms with van der Waals surface area (Å²) in [5, 5.41) is 0. The molecule has 3 aliphatic rings. The third-order valence-electron chi connectivity index (χ3n) is 11.0. The molecule has 14 nitrogen and oxygen atoms in total. The Morgan fingerprint density at radius 3 is 1.54 bits per heavy atom. The second kappa shape index (κ2) is 21.8. The molecule has 0 amide bonds. The van der Waals surface area contributed by atoms with Gasteiger partial charge in [0, 0.05) is 12.7 Å². The van der Waals surface area contributed by atoms with E-state index in [-0.39, 0.29) is 24.3 Å². The van der Waals surface area contributed by atoms with Gasteiger partial charge in [0.25, 0.3) is 0 Å². The van der Waals surface area contributed by atoms with Crippen LogP contribution in [0, 0.1) is 0 Å². The minimum absolute atomic E-state index is 0.0532. The van der Waals surface area contributed by atoms with Crippen LogP contribution >= 0.6 is 11.8 Å². The molecule has 5 aromatic carbocycles. The van der Waals surface area contributed by atoms with E-state index >= 15 is 0 Å². The average molecular weight is 905 g/mol. The lowest BCUT2D eigenvalue weighted by Crippen LogP contribution is -2.67. The van der Waals surface area contributed by atoms with E-state index in [2.05, 4.69) is 0 Å². The number of carbonyl (C=O) groups is 4. The molecule has 65 heavy (non-hydrogen) atoms. The van der Waals surface area contributed by atoms with Gasteiger partial charge in [-0.25, -0.2) is 19.2 Å². The van der Waals surface area contributed by atoms with Gasteiger partial charge < -0.3 is 47.4 Å². The Hall–Kier alpha value is -5.91. The Balaban J connectivity index is 1.18. The Labute approximate surface area is 380 Å². The first-order valence-electron chi connectivity index (χ1n) is 21.2. The minimum atomic E-state index is -1.54. The largest absolute Gasteiger partial charge is 0.459 e. The standard InChI is InChI=1S/C50H48O14S/c1-3-65-50-43(62-47(54)34-25-15-7-16-26-34)40(55-2)38(37(59-50)29-56-44(51)31-19-9-4-10-20-31)64-49-42(61-46(53)33-23-13-6-14-24-33)41(60-45(52)32-21-11-5-12-22-32)39-36(58-49)30-57-48(63-39)35-27-17-8-18-28-35/h4-28,36-43,48-50H,3,29-30H2,1-2H3/t36?,37?,38-,39-,40?,41?,42?,43?,48?,49-,50+/m1/s1. The van der Waals surface area contributed by atoms with Crippen LogP contribution in [0.15, 0.2) is 152 Å². The summed E-state index contributed by atoms with van der Waals surface area (Å²) in [6.45, 7) is 1.52. The Bertz CT molecular complexity index is 2320. The lowest BCUT2D eigenvalue weighted by molar-refractivity contribution is -0.376. The highest BCUT2D eigenvalue weighted by Crippen LogP contribution is 2.40. The Morgan fingerprint density at radius 2 is 1.03 bits per heavy atom. The van der Waals surface area contributed by atoms with Crippen LogP contribution in [0.4, 0.5) is 0 Å². The van der Waals surface area contributed by atoms with Gasteiger partial charge in [-0.15, -0.1) is 11.8 Å². The molecule has 3 aliphatic heterocycles. The van der Waals surface area contributed by atoms with Crippen molar-refractivity contribution < 1.29 is 66.5 Å². The SMILES string of the molecule is CCS[C@@H]1OC(COC(=O)c2ccccc2)[C@@H](O[C@H]2OC3COC(c4ccccc4)O[C@H]3C(OC(=O)c3ccccc3)C2OC(=O)c2ccccc2)C(OC)C1OC(=O)c1ccccc1. The maximum Gasteiger partial charge on any atom is 0.338 e. The molecule has 0 aliphatic carbocycles. The van der Waals surface area contributed by atoms with Crippen molar-refractivity contribution in [1.82, 2.24) is 0 Å². The van der Waals surface area contributed by atoms with E-state index in [0.29, 0.717) is 22.4 Å². The smallest absolute Gasteiger partial charge is 0.338 e. The van der Waals surface area contributed by atoms with Crippen molar-refractivity contribution in [2.75, 3.05) is 26.1 Å². The summed E-state index contributed by atoms with van der Waals surface area (Å²) in [6.07, 6.45) is -11.8. The van der Waals surface area contributed by atoms with Gasteiger partial charge >= 0.3 is 23.9 Å². The molecule has 0 bridgehead atoms. The van der Waals surface area contributed by atoms with Gasteiger partial charge in [0.1, 0.15) is 42.6 Å². The Kier molecular flexibility index (Phi) is 15.3. The van der Waals surface area contributed by atoms with Crippen molar-refractivity contribution in [2.24, 2.45) is 0 Å². The molecular weight excluding hydrogens is 857 g/mol. The van der Waals surface area contributed by atoms with Gasteiger partial charge in [0.15, 0.2) is 30.9 Å². The van der Waals surface area contributed by atoms with Crippen LogP contribution in [0.2, 0.25) is 0 Å². The predicted molar refractivity (Wildman–Crippen MR) is 235 cm³/mol. The van der Waals surface area contributed by atoms with E-state index in [1.54, 1.807) is 121 Å². The van der Waals surface area contributed by atoms with Crippen LogP contribution in [0.1, 0.15) is 60.2 Å². The summed E-state index contributed by atoms with van der Waals surface area (Å²) >= 11 is 1.36. The molecule has 5 aromatic rings. The highest BCUT2D eigenvalue weighted by Gasteiger charge is 2.58. The van der Waals surface area contributed by atoms with Crippen molar-refractivity contribution in [3.8, 4) is 0 Å². The van der Waals surface area contributed by atoms with E-state index in [0.717, 1.165) is 0 Å². The number of rotatable bonds is 15. The van der Waals surface area contributed by atoms with Gasteiger partial charge in [-0.3, -0.25) is 0 Å². The van der Waals surface area contributed by atoms with Crippen molar-refractivity contribution in [1.29, 1.82) is 0 Å². The lowest BCUT2D eigenvalue weighted by Gasteiger charge is -2.50. The van der Waals surface area contributed by atoms with Gasteiger partial charge in [-0.1, -0.05) is 110 Å². The number of methoxy groups -OCH3 is 1. The summed E-state index contributed by atoms with van der Waals surface area (Å²) < 4.78 is 63.8. The fraction of sp³-hybridized carbons (Fsp3) is 0.320. The molecule has 0 radical (unpaired) electrons. The zero-order chi connectivity index (χ0) is 45.1. The highest BCUT2D eigenvalue weighted by atomic mass is 32.2. The van der Waals surface area contributed by atoms with Crippen LogP contribution in [-0.4, -0.2) is 111 Å². The number of fused-ring (bicyclic) bond motifs is 1. The van der Waals surface area contributed by atoms with E-state index in [4.69, 9.17) is 47.4 Å². The molecule has 7 unspecified atom stereocenters. The van der Waals surface area contributed by atoms with Crippen LogP contribution in [0.3, 0.4) is 0 Å². The quantitative estimate of drug-likeness (QED) is 0.0764. The van der Waals surface area contributed by atoms with E-state index < -0.39 is 90.7 Å². The molecule has 3 fully saturated rings. The lowest BCUT2D eigenvalue weighted by atomic mass is 9.95. The molecule has 338 valence electrons. The van der Waals surface area contributed by atoms with Crippen molar-refractivity contribution in [2.45, 2.75) is 73.8 Å². The number of carbonyl (C=O) groups excluding carboxylic acids is 4. The van der Waals surface area contributed by atoms with Crippen LogP contribution < -0.4 is 0 Å². The molecular formula is C50H48O14S. The fourth-order valence-corrected chi connectivity index (χ4v) is 8.78. The maximum atomic E-state index is 14.1. The molecule has 11 atom stereocenters. The molecule has 0 spiro atoms. The molecule has 0 N–H and O–H groups in total. The molecule has 3 heterocycles. The van der Waals surface area contributed by atoms with Gasteiger partial charge in [0.05, 0.1) is 28.9 Å². The number of ether oxygens (including phenoxy) is 10. The van der Waals surface area contributed by atoms with Crippen molar-refractivity contribution in [3.63, 3.8) is 0 Å². The monoisotopic (exact) mass is 904 g/mol. The van der Waals surface area contributed by atoms with Crippen LogP contribution in [0.25, 0.3) is 0 Å². The Morgan fingerprint density at radius 1 is 0.554 bits per heavy atom. The predicted octanol–water partition coefficient (Wildman–Crippen LogP) is 7.24. The van der Waals surface area contributed by atoms with E-state index in [1.165, 1.54) is 18.9 Å². The number of hydrogen-bond acceptors (Lipinski definition) is 15. The van der Waals surface area contributed by atoms with Crippen molar-refractivity contribution in [3.05, 3.63) is 179 Å². The fourth-order valence-electron chi connectivity index (χ4n) is 7.83. The molecule has 15 heteroatoms. The second-order valence-corrected chi connectivity index (χ2v) is 16.6. The highest BCUT2D eigenvalue weighted by molar-refractivity contribution is 7.99. The molecule has 0 aromatic heterocycles. The van der Waals surface area contributed by atoms with E-state index in [1.807, 2.05) is 37.3 Å². The third-order valence-corrected chi connectivity index (χ3v) is 12.0. The van der Waals surface area contributed by atoms with Gasteiger partial charge in [-0.05, 0) is 54.3 Å². The number of hydrogen-bond donors (Lipinski definition) is 0. The normalized spacial score (nSPS) is 27.3. The summed E-state index contributed by atoms with van der Waals surface area (Å²) in [6, 6.07) is 42.8. The van der Waals surface area contributed by atoms with E-state index in [9.17, 15) is 19.2 Å². The summed E-state index contributed by atoms with van der Waals surface area (Å²) in [5.74, 6) is -2.21. The van der Waals surface area contributed by atoms with Gasteiger partial charge in [-0.2, -0.15) is 0 Å². The summed E-state index contributed by atoms with van der Waals surface area (Å²) in [5.41, 5.74) is 0.905. The zero-order valence-electron chi connectivity index (χ0n) is 35.5. The number of thioether (sulfide) groups is 1.